The third-order valence-corrected chi connectivity index (χ3v) is 8.67. The molecule has 1 amide bonds. The molecule has 3 rings (SSSR count). The monoisotopic (exact) mass is 516 g/mol. The first-order valence-corrected chi connectivity index (χ1v) is 14.0. The Hall–Kier alpha value is -2.46. The van der Waals surface area contributed by atoms with E-state index in [2.05, 4.69) is 26.9 Å². The van der Waals surface area contributed by atoms with Crippen molar-refractivity contribution in [1.29, 1.82) is 0 Å². The van der Waals surface area contributed by atoms with Crippen molar-refractivity contribution in [3.63, 3.8) is 0 Å². The Balaban J connectivity index is 1.72. The number of hydrogen-bond donors (Lipinski definition) is 2. The number of ether oxygens (including phenoxy) is 1. The van der Waals surface area contributed by atoms with Crippen molar-refractivity contribution >= 4 is 15.9 Å². The Bertz CT molecular complexity index is 1130. The fraction of sp³-hybridized carbons (Fsp3) is 0.519. The van der Waals surface area contributed by atoms with Gasteiger partial charge in [0.25, 0.3) is 0 Å². The van der Waals surface area contributed by atoms with E-state index in [1.807, 2.05) is 37.3 Å². The summed E-state index contributed by atoms with van der Waals surface area (Å²) in [5, 5.41) is 2.96. The number of sulfonamides is 1. The van der Waals surface area contributed by atoms with Gasteiger partial charge in [0.05, 0.1) is 12.0 Å². The fourth-order valence-electron chi connectivity index (χ4n) is 4.64. The average molecular weight is 517 g/mol. The maximum atomic E-state index is 13.6. The molecule has 0 saturated carbocycles. The predicted molar refractivity (Wildman–Crippen MR) is 143 cm³/mol. The van der Waals surface area contributed by atoms with E-state index in [4.69, 9.17) is 4.74 Å². The smallest absolute Gasteiger partial charge is 0.241 e. The largest absolute Gasteiger partial charge is 0.496 e. The van der Waals surface area contributed by atoms with Gasteiger partial charge in [-0.2, -0.15) is 4.72 Å². The maximum absolute atomic E-state index is 13.6. The van der Waals surface area contributed by atoms with E-state index in [0.29, 0.717) is 23.4 Å². The highest BCUT2D eigenvalue weighted by atomic mass is 32.2. The van der Waals surface area contributed by atoms with Crippen molar-refractivity contribution in [2.24, 2.45) is 0 Å². The van der Waals surface area contributed by atoms with Crippen molar-refractivity contribution in [3.8, 4) is 5.75 Å². The van der Waals surface area contributed by atoms with Crippen LogP contribution in [0.3, 0.4) is 0 Å². The first-order chi connectivity index (χ1) is 17.1. The molecule has 0 spiro atoms. The zero-order valence-corrected chi connectivity index (χ0v) is 23.0. The van der Waals surface area contributed by atoms with Crippen LogP contribution < -0.4 is 14.8 Å². The molecule has 1 fully saturated rings. The average Bonchev–Trinajstić information content (AvgIpc) is 2.85. The highest BCUT2D eigenvalue weighted by Gasteiger charge is 2.29. The van der Waals surface area contributed by atoms with E-state index in [1.165, 1.54) is 0 Å². The Labute approximate surface area is 216 Å². The molecular formula is C27H40N4O4S. The number of piperazine rings is 1. The first-order valence-electron chi connectivity index (χ1n) is 12.5. The summed E-state index contributed by atoms with van der Waals surface area (Å²) in [4.78, 5) is 18.1. The fourth-order valence-corrected chi connectivity index (χ4v) is 6.36. The maximum Gasteiger partial charge on any atom is 0.241 e. The summed E-state index contributed by atoms with van der Waals surface area (Å²) in [6.07, 6.45) is 1.08. The van der Waals surface area contributed by atoms with E-state index in [9.17, 15) is 13.2 Å². The van der Waals surface area contributed by atoms with Crippen LogP contribution in [0.15, 0.2) is 41.3 Å². The molecule has 36 heavy (non-hydrogen) atoms. The highest BCUT2D eigenvalue weighted by molar-refractivity contribution is 7.89. The van der Waals surface area contributed by atoms with E-state index in [1.54, 1.807) is 27.0 Å². The third kappa shape index (κ3) is 7.29. The molecule has 1 heterocycles. The normalized spacial score (nSPS) is 16.0. The molecule has 2 N–H and O–H groups in total. The molecule has 0 unspecified atom stereocenters. The number of aryl methyl sites for hydroxylation is 1. The van der Waals surface area contributed by atoms with Gasteiger partial charge in [0.2, 0.25) is 15.9 Å². The molecular weight excluding hydrogens is 476 g/mol. The first kappa shape index (κ1) is 28.1. The summed E-state index contributed by atoms with van der Waals surface area (Å²) in [6, 6.07) is 10.3. The summed E-state index contributed by atoms with van der Waals surface area (Å²) in [5.74, 6) is 0.323. The molecule has 1 saturated heterocycles. The number of benzene rings is 2. The number of likely N-dealkylation sites (N-methyl/N-ethyl adjacent to an activating group) is 1. The second kappa shape index (κ2) is 12.7. The zero-order chi connectivity index (χ0) is 26.3. The molecule has 1 aliphatic rings. The lowest BCUT2D eigenvalue weighted by Crippen LogP contribution is -2.49. The highest BCUT2D eigenvalue weighted by Crippen LogP contribution is 2.30. The van der Waals surface area contributed by atoms with Crippen LogP contribution in [0.4, 0.5) is 0 Å². The van der Waals surface area contributed by atoms with Gasteiger partial charge in [0.15, 0.2) is 0 Å². The number of nitrogens with zero attached hydrogens (tertiary/aromatic N) is 2. The van der Waals surface area contributed by atoms with E-state index in [-0.39, 0.29) is 17.2 Å². The van der Waals surface area contributed by atoms with Crippen molar-refractivity contribution in [1.82, 2.24) is 19.8 Å². The summed E-state index contributed by atoms with van der Waals surface area (Å²) < 4.78 is 35.2. The molecule has 2 aromatic rings. The van der Waals surface area contributed by atoms with E-state index in [0.717, 1.165) is 50.3 Å². The minimum Gasteiger partial charge on any atom is -0.496 e. The predicted octanol–water partition coefficient (Wildman–Crippen LogP) is 2.26. The van der Waals surface area contributed by atoms with Gasteiger partial charge in [0.1, 0.15) is 11.8 Å². The van der Waals surface area contributed by atoms with Crippen LogP contribution in [0.2, 0.25) is 0 Å². The van der Waals surface area contributed by atoms with Crippen LogP contribution in [0.1, 0.15) is 28.7 Å². The molecule has 0 radical (unpaired) electrons. The Morgan fingerprint density at radius 3 is 2.36 bits per heavy atom. The Kier molecular flexibility index (Phi) is 9.90. The quantitative estimate of drug-likeness (QED) is 0.446. The van der Waals surface area contributed by atoms with Gasteiger partial charge in [0, 0.05) is 32.7 Å². The molecule has 2 aromatic carbocycles. The topological polar surface area (TPSA) is 91.0 Å². The van der Waals surface area contributed by atoms with Gasteiger partial charge < -0.3 is 19.9 Å². The summed E-state index contributed by atoms with van der Waals surface area (Å²) in [5.41, 5.74) is 2.84. The molecule has 8 nitrogen and oxygen atoms in total. The van der Waals surface area contributed by atoms with Gasteiger partial charge in [-0.05, 0) is 75.5 Å². The number of methoxy groups -OCH3 is 1. The lowest BCUT2D eigenvalue weighted by atomic mass is 10.1. The summed E-state index contributed by atoms with van der Waals surface area (Å²) >= 11 is 0. The summed E-state index contributed by atoms with van der Waals surface area (Å²) in [6.45, 7) is 10.9. The van der Waals surface area contributed by atoms with E-state index >= 15 is 0 Å². The van der Waals surface area contributed by atoms with E-state index < -0.39 is 16.1 Å². The molecule has 0 bridgehead atoms. The third-order valence-electron chi connectivity index (χ3n) is 6.91. The number of amides is 1. The minimum absolute atomic E-state index is 0.196. The second-order valence-corrected chi connectivity index (χ2v) is 11.3. The van der Waals surface area contributed by atoms with Crippen LogP contribution in [-0.4, -0.2) is 83.6 Å². The van der Waals surface area contributed by atoms with Crippen LogP contribution in [0, 0.1) is 20.8 Å². The number of rotatable bonds is 11. The molecule has 1 aliphatic heterocycles. The molecule has 198 valence electrons. The lowest BCUT2D eigenvalue weighted by Gasteiger charge is -2.32. The van der Waals surface area contributed by atoms with Gasteiger partial charge >= 0.3 is 0 Å². The number of carbonyl (C=O) groups excluding carboxylic acids is 1. The van der Waals surface area contributed by atoms with Crippen LogP contribution in [-0.2, 0) is 21.2 Å². The van der Waals surface area contributed by atoms with Crippen molar-refractivity contribution in [2.45, 2.75) is 44.6 Å². The lowest BCUT2D eigenvalue weighted by molar-refractivity contribution is -0.122. The van der Waals surface area contributed by atoms with Crippen molar-refractivity contribution in [3.05, 3.63) is 58.7 Å². The Morgan fingerprint density at radius 2 is 1.72 bits per heavy atom. The molecule has 1 atom stereocenters. The standard InChI is InChI=1S/C27H40N4O4S/c1-20-18-25(35-5)21(2)22(3)26(20)36(33,34)29-24(19-23-10-7-6-8-11-23)27(32)28-12-9-13-31-16-14-30(4)15-17-31/h6-8,10-11,18,24,29H,9,12-17,19H2,1-5H3,(H,28,32)/t24-/m0/s1. The van der Waals surface area contributed by atoms with Crippen LogP contribution >= 0.6 is 0 Å². The number of nitrogens with one attached hydrogen (secondary N) is 2. The summed E-state index contributed by atoms with van der Waals surface area (Å²) in [7, 11) is -0.272. The van der Waals surface area contributed by atoms with Crippen LogP contribution in [0.25, 0.3) is 0 Å². The molecule has 9 heteroatoms. The zero-order valence-electron chi connectivity index (χ0n) is 22.1. The Morgan fingerprint density at radius 1 is 1.06 bits per heavy atom. The van der Waals surface area contributed by atoms with Gasteiger partial charge in [-0.15, -0.1) is 0 Å². The minimum atomic E-state index is -3.97. The molecule has 0 aromatic heterocycles. The van der Waals surface area contributed by atoms with Gasteiger partial charge in [-0.3, -0.25) is 4.79 Å². The van der Waals surface area contributed by atoms with Gasteiger partial charge in [-0.1, -0.05) is 30.3 Å². The molecule has 0 aliphatic carbocycles. The second-order valence-electron chi connectivity index (χ2n) is 9.63. The number of carbonyl (C=O) groups is 1. The van der Waals surface area contributed by atoms with Crippen molar-refractivity contribution < 1.29 is 17.9 Å². The SMILES string of the molecule is COc1cc(C)c(S(=O)(=O)N[C@@H](Cc2ccccc2)C(=O)NCCCN2CCN(C)CC2)c(C)c1C. The van der Waals surface area contributed by atoms with Gasteiger partial charge in [-0.25, -0.2) is 8.42 Å². The van der Waals surface area contributed by atoms with Crippen LogP contribution in [0.5, 0.6) is 5.75 Å². The van der Waals surface area contributed by atoms with Crippen molar-refractivity contribution in [2.75, 3.05) is 53.4 Å². The number of hydrogen-bond acceptors (Lipinski definition) is 6.